The topological polar surface area (TPSA) is 80.9 Å². The summed E-state index contributed by atoms with van der Waals surface area (Å²) in [6, 6.07) is 14.2. The van der Waals surface area contributed by atoms with Gasteiger partial charge in [0.1, 0.15) is 0 Å². The minimum Gasteiger partial charge on any atom is -0.374 e. The highest BCUT2D eigenvalue weighted by Gasteiger charge is 2.19. The van der Waals surface area contributed by atoms with Crippen molar-refractivity contribution < 1.29 is 4.79 Å². The van der Waals surface area contributed by atoms with Crippen molar-refractivity contribution in [3.8, 4) is 0 Å². The van der Waals surface area contributed by atoms with Crippen LogP contribution in [0.25, 0.3) is 10.8 Å². The Bertz CT molecular complexity index is 859. The molecule has 1 aromatic heterocycles. The number of nitrogens with one attached hydrogen (secondary N) is 1. The molecule has 5 nitrogen and oxygen atoms in total. The van der Waals surface area contributed by atoms with E-state index in [0.29, 0.717) is 9.47 Å². The molecule has 0 aliphatic rings. The Labute approximate surface area is 148 Å². The first-order valence-electron chi connectivity index (χ1n) is 7.58. The summed E-state index contributed by atoms with van der Waals surface area (Å²) in [5.74, 6) is -0.0331. The molecule has 1 amide bonds. The molecular formula is C17H18N4OS2. The lowest BCUT2D eigenvalue weighted by Gasteiger charge is -2.18. The molecule has 3 aromatic rings. The summed E-state index contributed by atoms with van der Waals surface area (Å²) in [6.07, 6.45) is 0. The van der Waals surface area contributed by atoms with Crippen molar-refractivity contribution in [2.45, 2.75) is 29.5 Å². The van der Waals surface area contributed by atoms with Gasteiger partial charge in [-0.05, 0) is 30.2 Å². The maximum Gasteiger partial charge on any atom is 0.233 e. The number of amides is 1. The Morgan fingerprint density at radius 3 is 2.67 bits per heavy atom. The van der Waals surface area contributed by atoms with Gasteiger partial charge in [-0.3, -0.25) is 4.79 Å². The Balaban J connectivity index is 1.71. The molecule has 0 aliphatic heterocycles. The van der Waals surface area contributed by atoms with E-state index in [4.69, 9.17) is 5.73 Å². The van der Waals surface area contributed by atoms with Crippen LogP contribution in [0.4, 0.5) is 5.13 Å². The summed E-state index contributed by atoms with van der Waals surface area (Å²) >= 11 is 2.66. The molecule has 2 aromatic carbocycles. The molecule has 0 aliphatic carbocycles. The smallest absolute Gasteiger partial charge is 0.233 e. The zero-order valence-corrected chi connectivity index (χ0v) is 15.0. The van der Waals surface area contributed by atoms with Crippen LogP contribution in [-0.2, 0) is 4.79 Å². The van der Waals surface area contributed by atoms with E-state index in [1.165, 1.54) is 28.5 Å². The van der Waals surface area contributed by atoms with Gasteiger partial charge < -0.3 is 11.1 Å². The molecule has 3 N–H and O–H groups in total. The average molecular weight is 358 g/mol. The lowest BCUT2D eigenvalue weighted by Crippen LogP contribution is -2.33. The predicted molar refractivity (Wildman–Crippen MR) is 100 cm³/mol. The summed E-state index contributed by atoms with van der Waals surface area (Å²) in [5, 5.41) is 13.3. The maximum atomic E-state index is 12.5. The molecule has 0 radical (unpaired) electrons. The number of benzene rings is 2. The second-order valence-corrected chi connectivity index (χ2v) is 8.06. The molecule has 0 spiro atoms. The van der Waals surface area contributed by atoms with Crippen molar-refractivity contribution in [3.63, 3.8) is 0 Å². The molecule has 0 saturated carbocycles. The van der Waals surface area contributed by atoms with E-state index in [-0.39, 0.29) is 17.2 Å². The van der Waals surface area contributed by atoms with Crippen LogP contribution < -0.4 is 11.1 Å². The lowest BCUT2D eigenvalue weighted by molar-refractivity contribution is -0.120. The minimum atomic E-state index is -0.269. The fourth-order valence-corrected chi connectivity index (χ4v) is 4.30. The SMILES string of the molecule is C[C@@H](Sc1nnc(N)s1)C(=O)N[C@H](C)c1cccc2ccccc12. The number of rotatable bonds is 5. The summed E-state index contributed by atoms with van der Waals surface area (Å²) in [6.45, 7) is 3.85. The monoisotopic (exact) mass is 358 g/mol. The molecular weight excluding hydrogens is 340 g/mol. The first-order chi connectivity index (χ1) is 11.5. The van der Waals surface area contributed by atoms with E-state index in [1.807, 2.05) is 32.0 Å². The van der Waals surface area contributed by atoms with Gasteiger partial charge in [0.2, 0.25) is 11.0 Å². The molecule has 0 unspecified atom stereocenters. The first kappa shape index (κ1) is 16.7. The van der Waals surface area contributed by atoms with Gasteiger partial charge in [-0.2, -0.15) is 0 Å². The van der Waals surface area contributed by atoms with Crippen molar-refractivity contribution in [3.05, 3.63) is 48.0 Å². The van der Waals surface area contributed by atoms with Crippen molar-refractivity contribution in [2.24, 2.45) is 0 Å². The van der Waals surface area contributed by atoms with Gasteiger partial charge in [-0.25, -0.2) is 0 Å². The highest BCUT2D eigenvalue weighted by atomic mass is 32.2. The van der Waals surface area contributed by atoms with E-state index in [0.717, 1.165) is 10.9 Å². The second-order valence-electron chi connectivity index (χ2n) is 5.46. The molecule has 124 valence electrons. The number of carbonyl (C=O) groups excluding carboxylic acids is 1. The summed E-state index contributed by atoms with van der Waals surface area (Å²) in [7, 11) is 0. The quantitative estimate of drug-likeness (QED) is 0.681. The normalized spacial score (nSPS) is 13.6. The number of thioether (sulfide) groups is 1. The van der Waals surface area contributed by atoms with Gasteiger partial charge in [0, 0.05) is 0 Å². The second kappa shape index (κ2) is 7.19. The first-order valence-corrected chi connectivity index (χ1v) is 9.28. The van der Waals surface area contributed by atoms with Gasteiger partial charge in [0.25, 0.3) is 0 Å². The third-order valence-electron chi connectivity index (χ3n) is 3.72. The van der Waals surface area contributed by atoms with E-state index in [9.17, 15) is 4.79 Å². The third kappa shape index (κ3) is 3.68. The van der Waals surface area contributed by atoms with Crippen LogP contribution in [-0.4, -0.2) is 21.4 Å². The van der Waals surface area contributed by atoms with Gasteiger partial charge in [-0.15, -0.1) is 10.2 Å². The number of hydrogen-bond acceptors (Lipinski definition) is 6. The van der Waals surface area contributed by atoms with Crippen molar-refractivity contribution >= 4 is 44.9 Å². The number of nitrogens with two attached hydrogens (primary N) is 1. The fraction of sp³-hybridized carbons (Fsp3) is 0.235. The third-order valence-corrected chi connectivity index (χ3v) is 5.65. The summed E-state index contributed by atoms with van der Waals surface area (Å²) in [5.41, 5.74) is 6.68. The largest absolute Gasteiger partial charge is 0.374 e. The van der Waals surface area contributed by atoms with Crippen LogP contribution >= 0.6 is 23.1 Å². The molecule has 2 atom stereocenters. The fourth-order valence-electron chi connectivity index (χ4n) is 2.51. The predicted octanol–water partition coefficient (Wildman–Crippen LogP) is 3.63. The van der Waals surface area contributed by atoms with Crippen LogP contribution in [0.3, 0.4) is 0 Å². The molecule has 7 heteroatoms. The lowest BCUT2D eigenvalue weighted by atomic mass is 9.99. The Kier molecular flexibility index (Phi) is 5.01. The van der Waals surface area contributed by atoms with Crippen LogP contribution in [0.1, 0.15) is 25.5 Å². The number of fused-ring (bicyclic) bond motifs is 1. The zero-order valence-electron chi connectivity index (χ0n) is 13.4. The van der Waals surface area contributed by atoms with Crippen LogP contribution in [0.15, 0.2) is 46.8 Å². The van der Waals surface area contributed by atoms with Crippen molar-refractivity contribution in [2.75, 3.05) is 5.73 Å². The number of nitrogens with zero attached hydrogens (tertiary/aromatic N) is 2. The van der Waals surface area contributed by atoms with E-state index >= 15 is 0 Å². The Hall–Kier alpha value is -2.12. The number of nitrogen functional groups attached to an aromatic ring is 1. The number of anilines is 1. The van der Waals surface area contributed by atoms with E-state index in [1.54, 1.807) is 0 Å². The van der Waals surface area contributed by atoms with Crippen LogP contribution in [0.5, 0.6) is 0 Å². The van der Waals surface area contributed by atoms with Crippen LogP contribution in [0, 0.1) is 0 Å². The highest BCUT2D eigenvalue weighted by molar-refractivity contribution is 8.02. The van der Waals surface area contributed by atoms with Crippen molar-refractivity contribution in [1.82, 2.24) is 15.5 Å². The van der Waals surface area contributed by atoms with E-state index < -0.39 is 0 Å². The highest BCUT2D eigenvalue weighted by Crippen LogP contribution is 2.29. The number of aromatic nitrogens is 2. The molecule has 3 rings (SSSR count). The molecule has 0 fully saturated rings. The standard InChI is InChI=1S/C17H18N4OS2/c1-10(13-9-5-7-12-6-3-4-8-14(12)13)19-15(22)11(2)23-17-21-20-16(18)24-17/h3-11H,1-2H3,(H2,18,20)(H,19,22)/t10-,11-/m1/s1. The van der Waals surface area contributed by atoms with Crippen LogP contribution in [0.2, 0.25) is 0 Å². The molecule has 0 saturated heterocycles. The van der Waals surface area contributed by atoms with Gasteiger partial charge in [-0.1, -0.05) is 65.6 Å². The summed E-state index contributed by atoms with van der Waals surface area (Å²) in [4.78, 5) is 12.5. The number of carbonyl (C=O) groups is 1. The summed E-state index contributed by atoms with van der Waals surface area (Å²) < 4.78 is 0.702. The maximum absolute atomic E-state index is 12.5. The van der Waals surface area contributed by atoms with Crippen molar-refractivity contribution in [1.29, 1.82) is 0 Å². The molecule has 1 heterocycles. The molecule has 0 bridgehead atoms. The Morgan fingerprint density at radius 1 is 1.17 bits per heavy atom. The minimum absolute atomic E-state index is 0.0331. The van der Waals surface area contributed by atoms with Gasteiger partial charge >= 0.3 is 0 Å². The van der Waals surface area contributed by atoms with E-state index in [2.05, 4.69) is 39.8 Å². The van der Waals surface area contributed by atoms with Gasteiger partial charge in [0.15, 0.2) is 4.34 Å². The Morgan fingerprint density at radius 2 is 1.92 bits per heavy atom. The average Bonchev–Trinajstić information content (AvgIpc) is 2.99. The van der Waals surface area contributed by atoms with Gasteiger partial charge in [0.05, 0.1) is 11.3 Å². The number of hydrogen-bond donors (Lipinski definition) is 2. The molecule has 24 heavy (non-hydrogen) atoms. The zero-order chi connectivity index (χ0) is 17.1.